The van der Waals surface area contributed by atoms with Crippen molar-refractivity contribution in [1.82, 2.24) is 4.98 Å². The maximum Gasteiger partial charge on any atom is 0.400 e. The van der Waals surface area contributed by atoms with Gasteiger partial charge in [-0.3, -0.25) is 0 Å². The average molecular weight is 275 g/mol. The third-order valence-electron chi connectivity index (χ3n) is 2.75. The summed E-state index contributed by atoms with van der Waals surface area (Å²) in [4.78, 5) is 4.24. The van der Waals surface area contributed by atoms with Crippen molar-refractivity contribution in [3.05, 3.63) is 53.1 Å². The van der Waals surface area contributed by atoms with Crippen molar-refractivity contribution in [2.75, 3.05) is 0 Å². The number of para-hydroxylation sites is 2. The molecule has 0 saturated carbocycles. The summed E-state index contributed by atoms with van der Waals surface area (Å²) in [5.74, 6) is 0.557. The molecule has 2 aromatic carbocycles. The van der Waals surface area contributed by atoms with Crippen LogP contribution in [0.25, 0.3) is 11.1 Å². The minimum atomic E-state index is 0.179. The lowest BCUT2D eigenvalue weighted by molar-refractivity contribution is 0.340. The smallest absolute Gasteiger partial charge is 0.400 e. The van der Waals surface area contributed by atoms with Crippen LogP contribution in [-0.4, -0.2) is 4.98 Å². The van der Waals surface area contributed by atoms with Gasteiger partial charge < -0.3 is 14.9 Å². The van der Waals surface area contributed by atoms with Crippen LogP contribution in [0.4, 0.5) is 0 Å². The Morgan fingerprint density at radius 3 is 2.79 bits per heavy atom. The molecule has 0 radical (unpaired) electrons. The van der Waals surface area contributed by atoms with Crippen molar-refractivity contribution in [1.29, 1.82) is 0 Å². The van der Waals surface area contributed by atoms with Gasteiger partial charge in [0.15, 0.2) is 5.58 Å². The number of fused-ring (bicyclic) bond motifs is 1. The van der Waals surface area contributed by atoms with Crippen LogP contribution in [0.1, 0.15) is 5.56 Å². The van der Waals surface area contributed by atoms with E-state index in [0.717, 1.165) is 11.1 Å². The SMILES string of the molecule is NCc1c(Cl)cccc1Oc1nc2ccccc2o1. The molecule has 2 N–H and O–H groups in total. The van der Waals surface area contributed by atoms with Crippen molar-refractivity contribution in [3.8, 4) is 11.8 Å². The van der Waals surface area contributed by atoms with Crippen molar-refractivity contribution < 1.29 is 9.15 Å². The van der Waals surface area contributed by atoms with Crippen molar-refractivity contribution in [3.63, 3.8) is 0 Å². The van der Waals surface area contributed by atoms with Gasteiger partial charge in [-0.1, -0.05) is 29.8 Å². The molecule has 1 heterocycles. The molecule has 0 aliphatic rings. The number of nitrogens with zero attached hydrogens (tertiary/aromatic N) is 1. The van der Waals surface area contributed by atoms with E-state index in [0.29, 0.717) is 16.4 Å². The van der Waals surface area contributed by atoms with Gasteiger partial charge in [-0.25, -0.2) is 0 Å². The quantitative estimate of drug-likeness (QED) is 0.790. The van der Waals surface area contributed by atoms with Gasteiger partial charge in [0.1, 0.15) is 11.3 Å². The summed E-state index contributed by atoms with van der Waals surface area (Å²) in [6.45, 7) is 0.287. The summed E-state index contributed by atoms with van der Waals surface area (Å²) in [6.07, 6.45) is 0.179. The second-order valence-electron chi connectivity index (χ2n) is 3.97. The molecule has 0 atom stereocenters. The van der Waals surface area contributed by atoms with Crippen molar-refractivity contribution in [2.45, 2.75) is 6.54 Å². The second kappa shape index (κ2) is 4.91. The fraction of sp³-hybridized carbons (Fsp3) is 0.0714. The van der Waals surface area contributed by atoms with E-state index in [1.165, 1.54) is 0 Å². The van der Waals surface area contributed by atoms with Crippen molar-refractivity contribution in [2.24, 2.45) is 5.73 Å². The first kappa shape index (κ1) is 12.0. The van der Waals surface area contributed by atoms with Gasteiger partial charge in [0, 0.05) is 17.1 Å². The molecule has 0 fully saturated rings. The van der Waals surface area contributed by atoms with Gasteiger partial charge in [-0.05, 0) is 24.3 Å². The Hall–Kier alpha value is -2.04. The average Bonchev–Trinajstić information content (AvgIpc) is 2.81. The molecule has 0 aliphatic carbocycles. The predicted octanol–water partition coefficient (Wildman–Crippen LogP) is 3.73. The van der Waals surface area contributed by atoms with E-state index < -0.39 is 0 Å². The lowest BCUT2D eigenvalue weighted by atomic mass is 10.2. The Morgan fingerprint density at radius 2 is 2.00 bits per heavy atom. The highest BCUT2D eigenvalue weighted by molar-refractivity contribution is 6.31. The topological polar surface area (TPSA) is 61.3 Å². The fourth-order valence-corrected chi connectivity index (χ4v) is 2.06. The number of halogens is 1. The molecule has 0 spiro atoms. The van der Waals surface area contributed by atoms with Crippen LogP contribution in [0, 0.1) is 0 Å². The van der Waals surface area contributed by atoms with Gasteiger partial charge in [-0.15, -0.1) is 0 Å². The zero-order chi connectivity index (χ0) is 13.2. The molecule has 5 heteroatoms. The van der Waals surface area contributed by atoms with Crippen LogP contribution in [-0.2, 0) is 6.54 Å². The van der Waals surface area contributed by atoms with Gasteiger partial charge in [0.05, 0.1) is 0 Å². The molecule has 0 amide bonds. The summed E-state index contributed by atoms with van der Waals surface area (Å²) >= 11 is 6.06. The molecule has 1 aromatic heterocycles. The molecule has 19 heavy (non-hydrogen) atoms. The Labute approximate surface area is 114 Å². The molecule has 3 aromatic rings. The molecule has 3 rings (SSSR count). The summed E-state index contributed by atoms with van der Waals surface area (Å²) < 4.78 is 11.1. The third kappa shape index (κ3) is 2.28. The molecule has 4 nitrogen and oxygen atoms in total. The lowest BCUT2D eigenvalue weighted by Crippen LogP contribution is -2.00. The highest BCUT2D eigenvalue weighted by Crippen LogP contribution is 2.31. The Morgan fingerprint density at radius 1 is 1.16 bits per heavy atom. The number of nitrogens with two attached hydrogens (primary N) is 1. The van der Waals surface area contributed by atoms with E-state index in [1.54, 1.807) is 18.2 Å². The van der Waals surface area contributed by atoms with Gasteiger partial charge >= 0.3 is 6.08 Å². The molecule has 0 aliphatic heterocycles. The Balaban J connectivity index is 1.99. The lowest BCUT2D eigenvalue weighted by Gasteiger charge is -2.07. The monoisotopic (exact) mass is 274 g/mol. The van der Waals surface area contributed by atoms with Crippen molar-refractivity contribution >= 4 is 22.7 Å². The zero-order valence-electron chi connectivity index (χ0n) is 9.97. The molecule has 0 saturated heterocycles. The maximum atomic E-state index is 6.06. The van der Waals surface area contributed by atoms with E-state index >= 15 is 0 Å². The van der Waals surface area contributed by atoms with Gasteiger partial charge in [-0.2, -0.15) is 4.98 Å². The van der Waals surface area contributed by atoms with E-state index in [2.05, 4.69) is 4.98 Å². The molecule has 96 valence electrons. The summed E-state index contributed by atoms with van der Waals surface area (Å²) in [6, 6.07) is 12.8. The normalized spacial score (nSPS) is 10.8. The van der Waals surface area contributed by atoms with Crippen LogP contribution in [0.3, 0.4) is 0 Å². The minimum absolute atomic E-state index is 0.179. The van der Waals surface area contributed by atoms with Crippen LogP contribution < -0.4 is 10.5 Å². The number of aromatic nitrogens is 1. The molecule has 0 bridgehead atoms. The number of hydrogen-bond acceptors (Lipinski definition) is 4. The molecule has 0 unspecified atom stereocenters. The molecular weight excluding hydrogens is 264 g/mol. The first-order chi connectivity index (χ1) is 9.28. The van der Waals surface area contributed by atoms with E-state index in [1.807, 2.05) is 24.3 Å². The third-order valence-corrected chi connectivity index (χ3v) is 3.11. The summed E-state index contributed by atoms with van der Waals surface area (Å²) in [5.41, 5.74) is 7.81. The predicted molar refractivity (Wildman–Crippen MR) is 73.4 cm³/mol. The highest BCUT2D eigenvalue weighted by Gasteiger charge is 2.11. The zero-order valence-corrected chi connectivity index (χ0v) is 10.7. The first-order valence-electron chi connectivity index (χ1n) is 5.79. The maximum absolute atomic E-state index is 6.06. The number of rotatable bonds is 3. The van der Waals surface area contributed by atoms with Gasteiger partial charge in [0.25, 0.3) is 0 Å². The summed E-state index contributed by atoms with van der Waals surface area (Å²) in [5, 5.41) is 0.566. The number of hydrogen-bond donors (Lipinski definition) is 1. The van der Waals surface area contributed by atoms with Crippen LogP contribution in [0.15, 0.2) is 46.9 Å². The van der Waals surface area contributed by atoms with E-state index in [9.17, 15) is 0 Å². The summed E-state index contributed by atoms with van der Waals surface area (Å²) in [7, 11) is 0. The van der Waals surface area contributed by atoms with E-state index in [4.69, 9.17) is 26.5 Å². The van der Waals surface area contributed by atoms with Crippen LogP contribution >= 0.6 is 11.6 Å². The molecular formula is C14H11ClN2O2. The van der Waals surface area contributed by atoms with E-state index in [-0.39, 0.29) is 12.6 Å². The van der Waals surface area contributed by atoms with Gasteiger partial charge in [0.2, 0.25) is 0 Å². The standard InChI is InChI=1S/C14H11ClN2O2/c15-10-4-3-7-12(9(10)8-16)18-14-17-11-5-1-2-6-13(11)19-14/h1-7H,8,16H2. The second-order valence-corrected chi connectivity index (χ2v) is 4.38. The number of ether oxygens (including phenoxy) is 1. The van der Waals surface area contributed by atoms with Crippen LogP contribution in [0.5, 0.6) is 11.8 Å². The minimum Gasteiger partial charge on any atom is -0.411 e. The van der Waals surface area contributed by atoms with Crippen LogP contribution in [0.2, 0.25) is 5.02 Å². The fourth-order valence-electron chi connectivity index (χ4n) is 1.82. The number of oxazole rings is 1. The highest BCUT2D eigenvalue weighted by atomic mass is 35.5. The largest absolute Gasteiger partial charge is 0.411 e. The Kier molecular flexibility index (Phi) is 3.11. The number of benzene rings is 2. The Bertz CT molecular complexity index is 691. The first-order valence-corrected chi connectivity index (χ1v) is 6.16.